The summed E-state index contributed by atoms with van der Waals surface area (Å²) in [5.41, 5.74) is 1.58. The molecule has 1 fully saturated rings. The highest BCUT2D eigenvalue weighted by molar-refractivity contribution is 7.13. The second-order valence-electron chi connectivity index (χ2n) is 4.95. The van der Waals surface area contributed by atoms with Crippen molar-refractivity contribution in [2.75, 3.05) is 31.5 Å². The SMILES string of the molecule is CCN(CC)C(=O)N1CCC(C(=O)Nc2nncs2)CC1. The number of urea groups is 1. The van der Waals surface area contributed by atoms with E-state index < -0.39 is 0 Å². The molecule has 0 spiro atoms. The number of hydrogen-bond acceptors (Lipinski definition) is 5. The minimum absolute atomic E-state index is 0.0262. The minimum atomic E-state index is -0.0605. The lowest BCUT2D eigenvalue weighted by Crippen LogP contribution is -2.47. The molecule has 0 aliphatic carbocycles. The van der Waals surface area contributed by atoms with Gasteiger partial charge in [-0.2, -0.15) is 0 Å². The molecule has 0 bridgehead atoms. The van der Waals surface area contributed by atoms with Crippen molar-refractivity contribution in [3.8, 4) is 0 Å². The van der Waals surface area contributed by atoms with Gasteiger partial charge < -0.3 is 15.1 Å². The largest absolute Gasteiger partial charge is 0.325 e. The molecule has 116 valence electrons. The van der Waals surface area contributed by atoms with Crippen LogP contribution >= 0.6 is 11.3 Å². The Morgan fingerprint density at radius 3 is 2.57 bits per heavy atom. The average Bonchev–Trinajstić information content (AvgIpc) is 3.01. The van der Waals surface area contributed by atoms with Crippen LogP contribution in [0.3, 0.4) is 0 Å². The average molecular weight is 311 g/mol. The van der Waals surface area contributed by atoms with E-state index in [-0.39, 0.29) is 17.9 Å². The van der Waals surface area contributed by atoms with E-state index in [1.54, 1.807) is 5.51 Å². The van der Waals surface area contributed by atoms with Crippen molar-refractivity contribution in [3.05, 3.63) is 5.51 Å². The number of carbonyl (C=O) groups is 2. The lowest BCUT2D eigenvalue weighted by molar-refractivity contribution is -0.121. The first kappa shape index (κ1) is 15.7. The van der Waals surface area contributed by atoms with E-state index in [0.717, 1.165) is 0 Å². The van der Waals surface area contributed by atoms with Crippen molar-refractivity contribution in [2.45, 2.75) is 26.7 Å². The fraction of sp³-hybridized carbons (Fsp3) is 0.692. The molecule has 7 nitrogen and oxygen atoms in total. The quantitative estimate of drug-likeness (QED) is 0.917. The summed E-state index contributed by atoms with van der Waals surface area (Å²) in [4.78, 5) is 28.0. The summed E-state index contributed by atoms with van der Waals surface area (Å²) < 4.78 is 0. The van der Waals surface area contributed by atoms with Crippen molar-refractivity contribution in [2.24, 2.45) is 5.92 Å². The van der Waals surface area contributed by atoms with E-state index in [9.17, 15) is 9.59 Å². The number of anilines is 1. The monoisotopic (exact) mass is 311 g/mol. The van der Waals surface area contributed by atoms with Crippen molar-refractivity contribution < 1.29 is 9.59 Å². The summed E-state index contributed by atoms with van der Waals surface area (Å²) >= 11 is 1.31. The predicted molar refractivity (Wildman–Crippen MR) is 81.2 cm³/mol. The summed E-state index contributed by atoms with van der Waals surface area (Å²) in [5, 5.41) is 10.8. The molecule has 2 rings (SSSR count). The Hall–Kier alpha value is -1.70. The molecule has 3 amide bonds. The van der Waals surface area contributed by atoms with E-state index in [1.807, 2.05) is 23.6 Å². The molecule has 1 aliphatic rings. The predicted octanol–water partition coefficient (Wildman–Crippen LogP) is 1.65. The van der Waals surface area contributed by atoms with Gasteiger partial charge in [0, 0.05) is 32.1 Å². The molecule has 1 aromatic heterocycles. The molecular formula is C13H21N5O2S. The third kappa shape index (κ3) is 3.90. The van der Waals surface area contributed by atoms with E-state index in [4.69, 9.17) is 0 Å². The van der Waals surface area contributed by atoms with Crippen LogP contribution in [0.15, 0.2) is 5.51 Å². The lowest BCUT2D eigenvalue weighted by atomic mass is 9.96. The Balaban J connectivity index is 1.82. The van der Waals surface area contributed by atoms with Crippen LogP contribution < -0.4 is 5.32 Å². The molecule has 1 N–H and O–H groups in total. The molecule has 2 heterocycles. The Kier molecular flexibility index (Phi) is 5.49. The standard InChI is InChI=1S/C13H21N5O2S/c1-3-17(4-2)13(20)18-7-5-10(6-8-18)11(19)15-12-16-14-9-21-12/h9-10H,3-8H2,1-2H3,(H,15,16,19). The number of nitrogens with one attached hydrogen (secondary N) is 1. The smallest absolute Gasteiger partial charge is 0.319 e. The van der Waals surface area contributed by atoms with E-state index >= 15 is 0 Å². The van der Waals surface area contributed by atoms with Crippen LogP contribution in [-0.4, -0.2) is 58.1 Å². The Morgan fingerprint density at radius 2 is 2.05 bits per heavy atom. The Bertz CT molecular complexity index is 467. The molecule has 0 aromatic carbocycles. The van der Waals surface area contributed by atoms with Crippen LogP contribution in [0.1, 0.15) is 26.7 Å². The van der Waals surface area contributed by atoms with Crippen LogP contribution in [0.25, 0.3) is 0 Å². The van der Waals surface area contributed by atoms with Crippen LogP contribution in [0.4, 0.5) is 9.93 Å². The van der Waals surface area contributed by atoms with E-state index in [2.05, 4.69) is 15.5 Å². The third-order valence-corrected chi connectivity index (χ3v) is 4.37. The van der Waals surface area contributed by atoms with Crippen molar-refractivity contribution >= 4 is 28.4 Å². The number of nitrogens with zero attached hydrogens (tertiary/aromatic N) is 4. The zero-order chi connectivity index (χ0) is 15.2. The zero-order valence-electron chi connectivity index (χ0n) is 12.4. The van der Waals surface area contributed by atoms with Gasteiger partial charge >= 0.3 is 6.03 Å². The van der Waals surface area contributed by atoms with Gasteiger partial charge in [-0.1, -0.05) is 11.3 Å². The molecular weight excluding hydrogens is 290 g/mol. The number of piperidine rings is 1. The molecule has 0 unspecified atom stereocenters. The summed E-state index contributed by atoms with van der Waals surface area (Å²) in [6.45, 7) is 6.64. The number of likely N-dealkylation sites (tertiary alicyclic amines) is 1. The fourth-order valence-corrected chi connectivity index (χ4v) is 2.91. The number of amides is 3. The van der Waals surface area contributed by atoms with Crippen molar-refractivity contribution in [1.29, 1.82) is 0 Å². The van der Waals surface area contributed by atoms with Gasteiger partial charge in [0.25, 0.3) is 0 Å². The lowest BCUT2D eigenvalue weighted by Gasteiger charge is -2.34. The van der Waals surface area contributed by atoms with Crippen molar-refractivity contribution in [1.82, 2.24) is 20.0 Å². The number of rotatable bonds is 4. The zero-order valence-corrected chi connectivity index (χ0v) is 13.2. The highest BCUT2D eigenvalue weighted by Crippen LogP contribution is 2.20. The Morgan fingerprint density at radius 1 is 1.38 bits per heavy atom. The highest BCUT2D eigenvalue weighted by Gasteiger charge is 2.29. The summed E-state index contributed by atoms with van der Waals surface area (Å²) in [7, 11) is 0. The van der Waals surface area contributed by atoms with Crippen molar-refractivity contribution in [3.63, 3.8) is 0 Å². The third-order valence-electron chi connectivity index (χ3n) is 3.76. The summed E-state index contributed by atoms with van der Waals surface area (Å²) in [6, 6.07) is 0.0722. The number of aromatic nitrogens is 2. The van der Waals surface area contributed by atoms with Gasteiger partial charge in [0.2, 0.25) is 11.0 Å². The van der Waals surface area contributed by atoms with Crippen LogP contribution in [0, 0.1) is 5.92 Å². The molecule has 8 heteroatoms. The van der Waals surface area contributed by atoms with Gasteiger partial charge in [-0.05, 0) is 26.7 Å². The van der Waals surface area contributed by atoms with E-state index in [0.29, 0.717) is 44.2 Å². The van der Waals surface area contributed by atoms with Gasteiger partial charge in [-0.3, -0.25) is 4.79 Å². The molecule has 0 radical (unpaired) electrons. The molecule has 1 aromatic rings. The fourth-order valence-electron chi connectivity index (χ4n) is 2.46. The maximum atomic E-state index is 12.2. The van der Waals surface area contributed by atoms with Gasteiger partial charge in [0.1, 0.15) is 5.51 Å². The number of carbonyl (C=O) groups excluding carboxylic acids is 2. The van der Waals surface area contributed by atoms with Gasteiger partial charge in [0.05, 0.1) is 0 Å². The maximum Gasteiger partial charge on any atom is 0.319 e. The first-order valence-corrected chi connectivity index (χ1v) is 8.14. The first-order chi connectivity index (χ1) is 10.2. The number of hydrogen-bond donors (Lipinski definition) is 1. The molecule has 0 atom stereocenters. The maximum absolute atomic E-state index is 12.2. The minimum Gasteiger partial charge on any atom is -0.325 e. The molecule has 21 heavy (non-hydrogen) atoms. The van der Waals surface area contributed by atoms with E-state index in [1.165, 1.54) is 11.3 Å². The summed E-state index contributed by atoms with van der Waals surface area (Å²) in [5.74, 6) is -0.0867. The molecule has 1 saturated heterocycles. The van der Waals surface area contributed by atoms with Crippen LogP contribution in [-0.2, 0) is 4.79 Å². The van der Waals surface area contributed by atoms with Gasteiger partial charge in [0.15, 0.2) is 0 Å². The van der Waals surface area contributed by atoms with Gasteiger partial charge in [-0.15, -0.1) is 10.2 Å². The highest BCUT2D eigenvalue weighted by atomic mass is 32.1. The topological polar surface area (TPSA) is 78.4 Å². The molecule has 0 saturated carbocycles. The molecule has 1 aliphatic heterocycles. The normalized spacial score (nSPS) is 15.8. The summed E-state index contributed by atoms with van der Waals surface area (Å²) in [6.07, 6.45) is 1.38. The second-order valence-corrected chi connectivity index (χ2v) is 5.78. The second kappa shape index (κ2) is 7.35. The first-order valence-electron chi connectivity index (χ1n) is 7.26. The Labute approximate surface area is 128 Å². The van der Waals surface area contributed by atoms with Crippen LogP contribution in [0.2, 0.25) is 0 Å². The van der Waals surface area contributed by atoms with Crippen LogP contribution in [0.5, 0.6) is 0 Å². The van der Waals surface area contributed by atoms with Gasteiger partial charge in [-0.25, -0.2) is 4.79 Å².